The van der Waals surface area contributed by atoms with Crippen molar-refractivity contribution in [2.45, 2.75) is 13.0 Å². The molecule has 5 nitrogen and oxygen atoms in total. The number of nitriles is 1. The number of benzene rings is 1. The number of rotatable bonds is 7. The summed E-state index contributed by atoms with van der Waals surface area (Å²) < 4.78 is 6.21. The fourth-order valence-corrected chi connectivity index (χ4v) is 1.97. The van der Waals surface area contributed by atoms with Gasteiger partial charge in [-0.25, -0.2) is 0 Å². The Morgan fingerprint density at radius 3 is 2.95 bits per heavy atom. The lowest BCUT2D eigenvalue weighted by Gasteiger charge is -2.09. The summed E-state index contributed by atoms with van der Waals surface area (Å²) in [4.78, 5) is 11.4. The summed E-state index contributed by atoms with van der Waals surface area (Å²) >= 11 is 3.40. The maximum absolute atomic E-state index is 11.4. The first-order chi connectivity index (χ1) is 9.17. The number of amides is 1. The lowest BCUT2D eigenvalue weighted by molar-refractivity contribution is -0.123. The van der Waals surface area contributed by atoms with Crippen molar-refractivity contribution < 1.29 is 9.53 Å². The van der Waals surface area contributed by atoms with Crippen LogP contribution in [0.1, 0.15) is 12.0 Å². The monoisotopic (exact) mass is 325 g/mol. The molecule has 6 heteroatoms. The molecule has 102 valence electrons. The summed E-state index contributed by atoms with van der Waals surface area (Å²) in [6.45, 7) is 1.06. The van der Waals surface area contributed by atoms with Crippen LogP contribution in [0.4, 0.5) is 0 Å². The maximum Gasteiger partial charge on any atom is 0.257 e. The van der Waals surface area contributed by atoms with E-state index in [1.807, 2.05) is 31.3 Å². The zero-order chi connectivity index (χ0) is 14.1. The van der Waals surface area contributed by atoms with Crippen LogP contribution < -0.4 is 15.4 Å². The number of carbonyl (C=O) groups excluding carboxylic acids is 1. The minimum Gasteiger partial charge on any atom is -0.483 e. The Kier molecular flexibility index (Phi) is 6.93. The van der Waals surface area contributed by atoms with Crippen molar-refractivity contribution in [3.05, 3.63) is 28.2 Å². The first-order valence-electron chi connectivity index (χ1n) is 5.87. The van der Waals surface area contributed by atoms with Crippen molar-refractivity contribution in [1.82, 2.24) is 10.6 Å². The van der Waals surface area contributed by atoms with E-state index >= 15 is 0 Å². The molecule has 1 amide bonds. The molecule has 19 heavy (non-hydrogen) atoms. The Hall–Kier alpha value is -1.58. The van der Waals surface area contributed by atoms with Gasteiger partial charge in [-0.1, -0.05) is 6.07 Å². The van der Waals surface area contributed by atoms with Crippen molar-refractivity contribution >= 4 is 21.8 Å². The molecule has 0 aliphatic carbocycles. The third kappa shape index (κ3) is 5.73. The minimum absolute atomic E-state index is 0.0601. The highest BCUT2D eigenvalue weighted by molar-refractivity contribution is 9.10. The van der Waals surface area contributed by atoms with E-state index < -0.39 is 0 Å². The number of carbonyl (C=O) groups is 1. The smallest absolute Gasteiger partial charge is 0.257 e. The van der Waals surface area contributed by atoms with E-state index in [0.29, 0.717) is 18.7 Å². The van der Waals surface area contributed by atoms with Gasteiger partial charge in [0.25, 0.3) is 5.91 Å². The standard InChI is InChI=1S/C13H16BrN3O2/c1-16-8-10-3-4-12(11(14)7-10)19-9-13(18)17-6-2-5-15/h3-4,7,16H,2,6,8-9H2,1H3,(H,17,18). The summed E-state index contributed by atoms with van der Waals surface area (Å²) in [5.41, 5.74) is 1.13. The molecule has 1 rings (SSSR count). The summed E-state index contributed by atoms with van der Waals surface area (Å²) in [5.74, 6) is 0.386. The van der Waals surface area contributed by atoms with Crippen LogP contribution in [0.2, 0.25) is 0 Å². The Bertz CT molecular complexity index is 471. The molecular formula is C13H16BrN3O2. The molecule has 0 aliphatic heterocycles. The van der Waals surface area contributed by atoms with Gasteiger partial charge < -0.3 is 15.4 Å². The maximum atomic E-state index is 11.4. The predicted octanol–water partition coefficient (Wildman–Crippen LogP) is 1.58. The second-order valence-electron chi connectivity index (χ2n) is 3.84. The largest absolute Gasteiger partial charge is 0.483 e. The van der Waals surface area contributed by atoms with E-state index in [4.69, 9.17) is 10.00 Å². The van der Waals surface area contributed by atoms with Crippen LogP contribution >= 0.6 is 15.9 Å². The van der Waals surface area contributed by atoms with Gasteiger partial charge in [0.15, 0.2) is 6.61 Å². The Morgan fingerprint density at radius 2 is 2.32 bits per heavy atom. The normalized spacial score (nSPS) is 9.74. The third-order valence-corrected chi connectivity index (χ3v) is 2.91. The number of ether oxygens (including phenoxy) is 1. The first kappa shape index (κ1) is 15.5. The van der Waals surface area contributed by atoms with E-state index in [1.165, 1.54) is 0 Å². The van der Waals surface area contributed by atoms with Crippen LogP contribution in [-0.2, 0) is 11.3 Å². The number of hydrogen-bond donors (Lipinski definition) is 2. The molecule has 0 saturated carbocycles. The molecule has 0 spiro atoms. The number of nitrogens with one attached hydrogen (secondary N) is 2. The lowest BCUT2D eigenvalue weighted by Crippen LogP contribution is -2.29. The molecule has 0 heterocycles. The third-order valence-electron chi connectivity index (χ3n) is 2.29. The van der Waals surface area contributed by atoms with Crippen molar-refractivity contribution in [3.63, 3.8) is 0 Å². The quantitative estimate of drug-likeness (QED) is 0.746. The van der Waals surface area contributed by atoms with Gasteiger partial charge in [-0.3, -0.25) is 4.79 Å². The lowest BCUT2D eigenvalue weighted by atomic mass is 10.2. The van der Waals surface area contributed by atoms with E-state index in [9.17, 15) is 4.79 Å². The average molecular weight is 326 g/mol. The van der Waals surface area contributed by atoms with Crippen LogP contribution in [0.3, 0.4) is 0 Å². The predicted molar refractivity (Wildman–Crippen MR) is 75.6 cm³/mol. The molecule has 0 atom stereocenters. The van der Waals surface area contributed by atoms with Gasteiger partial charge in [-0.15, -0.1) is 0 Å². The highest BCUT2D eigenvalue weighted by Crippen LogP contribution is 2.25. The fraction of sp³-hybridized carbons (Fsp3) is 0.385. The summed E-state index contributed by atoms with van der Waals surface area (Å²) in [5, 5.41) is 14.0. The van der Waals surface area contributed by atoms with Gasteiger partial charge in [0.2, 0.25) is 0 Å². The number of hydrogen-bond acceptors (Lipinski definition) is 4. The van der Waals surface area contributed by atoms with Gasteiger partial charge in [0.1, 0.15) is 5.75 Å². The first-order valence-corrected chi connectivity index (χ1v) is 6.66. The summed E-state index contributed by atoms with van der Waals surface area (Å²) in [7, 11) is 1.88. The molecule has 0 radical (unpaired) electrons. The Balaban J connectivity index is 2.45. The molecule has 1 aromatic carbocycles. The van der Waals surface area contributed by atoms with Crippen LogP contribution in [0.25, 0.3) is 0 Å². The molecular weight excluding hydrogens is 310 g/mol. The van der Waals surface area contributed by atoms with Crippen molar-refractivity contribution in [2.75, 3.05) is 20.2 Å². The van der Waals surface area contributed by atoms with Crippen LogP contribution in [0.15, 0.2) is 22.7 Å². The highest BCUT2D eigenvalue weighted by Gasteiger charge is 2.06. The molecule has 0 aliphatic rings. The SMILES string of the molecule is CNCc1ccc(OCC(=O)NCCC#N)c(Br)c1. The van der Waals surface area contributed by atoms with Gasteiger partial charge in [-0.05, 0) is 40.7 Å². The summed E-state index contributed by atoms with van der Waals surface area (Å²) in [6, 6.07) is 7.65. The van der Waals surface area contributed by atoms with Gasteiger partial charge >= 0.3 is 0 Å². The molecule has 2 N–H and O–H groups in total. The van der Waals surface area contributed by atoms with E-state index in [2.05, 4.69) is 26.6 Å². The Morgan fingerprint density at radius 1 is 1.53 bits per heavy atom. The topological polar surface area (TPSA) is 74.2 Å². The molecule has 0 aromatic heterocycles. The van der Waals surface area contributed by atoms with Gasteiger partial charge in [0.05, 0.1) is 17.0 Å². The van der Waals surface area contributed by atoms with Crippen molar-refractivity contribution in [1.29, 1.82) is 5.26 Å². The van der Waals surface area contributed by atoms with Gasteiger partial charge in [-0.2, -0.15) is 5.26 Å². The van der Waals surface area contributed by atoms with E-state index in [0.717, 1.165) is 16.6 Å². The zero-order valence-electron chi connectivity index (χ0n) is 10.7. The molecule has 1 aromatic rings. The van der Waals surface area contributed by atoms with Crippen molar-refractivity contribution in [3.8, 4) is 11.8 Å². The average Bonchev–Trinajstić information content (AvgIpc) is 2.38. The minimum atomic E-state index is -0.235. The molecule has 0 bridgehead atoms. The Labute approximate surface area is 121 Å². The summed E-state index contributed by atoms with van der Waals surface area (Å²) in [6.07, 6.45) is 0.300. The number of halogens is 1. The second-order valence-corrected chi connectivity index (χ2v) is 4.70. The van der Waals surface area contributed by atoms with Crippen LogP contribution in [0, 0.1) is 11.3 Å². The van der Waals surface area contributed by atoms with E-state index in [1.54, 1.807) is 0 Å². The van der Waals surface area contributed by atoms with Gasteiger partial charge in [0, 0.05) is 13.1 Å². The molecule has 0 saturated heterocycles. The molecule has 0 fully saturated rings. The highest BCUT2D eigenvalue weighted by atomic mass is 79.9. The van der Waals surface area contributed by atoms with Crippen LogP contribution in [-0.4, -0.2) is 26.1 Å². The number of nitrogens with zero attached hydrogens (tertiary/aromatic N) is 1. The second kappa shape index (κ2) is 8.51. The zero-order valence-corrected chi connectivity index (χ0v) is 12.3. The van der Waals surface area contributed by atoms with E-state index in [-0.39, 0.29) is 12.5 Å². The fourth-order valence-electron chi connectivity index (χ4n) is 1.43. The van der Waals surface area contributed by atoms with Crippen molar-refractivity contribution in [2.24, 2.45) is 0 Å². The van der Waals surface area contributed by atoms with Crippen LogP contribution in [0.5, 0.6) is 5.75 Å². The molecule has 0 unspecified atom stereocenters.